The molecule has 0 heterocycles. The highest BCUT2D eigenvalue weighted by atomic mass is 19.2. The lowest BCUT2D eigenvalue weighted by molar-refractivity contribution is 0.314. The van der Waals surface area contributed by atoms with Gasteiger partial charge in [0.25, 0.3) is 0 Å². The molecule has 0 aliphatic heterocycles. The standard InChI is InChI=1S/C31H34F2O/c1-3-34-29-21-20-28(30(32)31(29)33)27-18-16-26(17-19-27)25-14-12-24(13-15-25)7-5-4-6-23-10-8-22(2)9-11-23/h5,7-11,16-21,24-25H,3-4,6,12-15H2,1-2H3. The van der Waals surface area contributed by atoms with Crippen LogP contribution in [0.3, 0.4) is 0 Å². The number of aryl methyl sites for hydroxylation is 2. The number of allylic oxidation sites excluding steroid dienone is 2. The highest BCUT2D eigenvalue weighted by molar-refractivity contribution is 5.65. The van der Waals surface area contributed by atoms with E-state index in [-0.39, 0.29) is 11.3 Å². The average Bonchev–Trinajstić information content (AvgIpc) is 2.87. The zero-order valence-corrected chi connectivity index (χ0v) is 20.2. The van der Waals surface area contributed by atoms with E-state index in [0.29, 0.717) is 24.0 Å². The van der Waals surface area contributed by atoms with Gasteiger partial charge in [-0.1, -0.05) is 66.2 Å². The first-order valence-corrected chi connectivity index (χ1v) is 12.5. The number of halogens is 2. The van der Waals surface area contributed by atoms with Crippen molar-refractivity contribution in [3.63, 3.8) is 0 Å². The largest absolute Gasteiger partial charge is 0.491 e. The van der Waals surface area contributed by atoms with Crippen molar-refractivity contribution in [2.45, 2.75) is 58.3 Å². The predicted molar refractivity (Wildman–Crippen MR) is 136 cm³/mol. The topological polar surface area (TPSA) is 9.23 Å². The van der Waals surface area contributed by atoms with Crippen LogP contribution < -0.4 is 4.74 Å². The molecule has 0 aromatic heterocycles. The Morgan fingerprint density at radius 2 is 1.56 bits per heavy atom. The van der Waals surface area contributed by atoms with E-state index in [1.807, 2.05) is 12.1 Å². The van der Waals surface area contributed by atoms with Crippen molar-refractivity contribution >= 4 is 0 Å². The Hall–Kier alpha value is -2.94. The molecule has 0 N–H and O–H groups in total. The van der Waals surface area contributed by atoms with E-state index in [9.17, 15) is 8.78 Å². The van der Waals surface area contributed by atoms with Crippen LogP contribution in [0.4, 0.5) is 8.78 Å². The van der Waals surface area contributed by atoms with Crippen LogP contribution in [0.25, 0.3) is 11.1 Å². The Bertz CT molecular complexity index is 1090. The van der Waals surface area contributed by atoms with Gasteiger partial charge in [-0.2, -0.15) is 4.39 Å². The van der Waals surface area contributed by atoms with Gasteiger partial charge in [-0.05, 0) is 93.0 Å². The molecule has 0 amide bonds. The van der Waals surface area contributed by atoms with Gasteiger partial charge in [-0.25, -0.2) is 4.39 Å². The van der Waals surface area contributed by atoms with E-state index in [2.05, 4.69) is 55.5 Å². The molecule has 3 aromatic rings. The Morgan fingerprint density at radius 1 is 0.853 bits per heavy atom. The normalized spacial score (nSPS) is 18.4. The van der Waals surface area contributed by atoms with Crippen LogP contribution in [0, 0.1) is 24.5 Å². The van der Waals surface area contributed by atoms with Crippen LogP contribution in [0.5, 0.6) is 5.75 Å². The fourth-order valence-electron chi connectivity index (χ4n) is 4.89. The molecular formula is C31H34F2O. The van der Waals surface area contributed by atoms with Gasteiger partial charge in [0.1, 0.15) is 0 Å². The zero-order chi connectivity index (χ0) is 23.9. The molecule has 0 spiro atoms. The molecule has 1 saturated carbocycles. The number of benzene rings is 3. The van der Waals surface area contributed by atoms with Crippen molar-refractivity contribution in [1.29, 1.82) is 0 Å². The summed E-state index contributed by atoms with van der Waals surface area (Å²) in [4.78, 5) is 0. The fraction of sp³-hybridized carbons (Fsp3) is 0.355. The summed E-state index contributed by atoms with van der Waals surface area (Å²) in [6.07, 6.45) is 11.7. The van der Waals surface area contributed by atoms with Crippen LogP contribution in [0.15, 0.2) is 72.8 Å². The third-order valence-electron chi connectivity index (χ3n) is 6.94. The first kappa shape index (κ1) is 24.2. The van der Waals surface area contributed by atoms with E-state index >= 15 is 0 Å². The molecule has 0 atom stereocenters. The number of hydrogen-bond donors (Lipinski definition) is 0. The van der Waals surface area contributed by atoms with Gasteiger partial charge in [0.2, 0.25) is 5.82 Å². The maximum absolute atomic E-state index is 14.5. The number of hydrogen-bond acceptors (Lipinski definition) is 1. The van der Waals surface area contributed by atoms with Crippen LogP contribution in [-0.2, 0) is 6.42 Å². The predicted octanol–water partition coefficient (Wildman–Crippen LogP) is 8.80. The van der Waals surface area contributed by atoms with Gasteiger partial charge in [0, 0.05) is 5.56 Å². The molecule has 4 rings (SSSR count). The summed E-state index contributed by atoms with van der Waals surface area (Å²) in [6.45, 7) is 4.17. The van der Waals surface area contributed by atoms with Crippen molar-refractivity contribution in [3.8, 4) is 16.9 Å². The van der Waals surface area contributed by atoms with E-state index in [4.69, 9.17) is 4.74 Å². The second kappa shape index (κ2) is 11.5. The minimum atomic E-state index is -0.923. The Kier molecular flexibility index (Phi) is 8.16. The minimum absolute atomic E-state index is 0.0404. The third kappa shape index (κ3) is 5.94. The molecule has 1 fully saturated rings. The van der Waals surface area contributed by atoms with Crippen LogP contribution in [0.1, 0.15) is 61.6 Å². The van der Waals surface area contributed by atoms with Crippen molar-refractivity contribution < 1.29 is 13.5 Å². The summed E-state index contributed by atoms with van der Waals surface area (Å²) < 4.78 is 33.9. The Labute approximate surface area is 202 Å². The lowest BCUT2D eigenvalue weighted by atomic mass is 9.78. The molecule has 0 saturated heterocycles. The molecule has 3 aromatic carbocycles. The summed E-state index contributed by atoms with van der Waals surface area (Å²) in [5, 5.41) is 0. The molecule has 1 aliphatic carbocycles. The van der Waals surface area contributed by atoms with E-state index in [0.717, 1.165) is 12.8 Å². The molecular weight excluding hydrogens is 426 g/mol. The van der Waals surface area contributed by atoms with Crippen molar-refractivity contribution in [2.24, 2.45) is 5.92 Å². The van der Waals surface area contributed by atoms with Crippen LogP contribution in [0.2, 0.25) is 0 Å². The van der Waals surface area contributed by atoms with Gasteiger partial charge in [0.05, 0.1) is 6.61 Å². The molecule has 3 heteroatoms. The van der Waals surface area contributed by atoms with E-state index in [1.54, 1.807) is 13.0 Å². The highest BCUT2D eigenvalue weighted by Crippen LogP contribution is 2.37. The first-order chi connectivity index (χ1) is 16.5. The maximum Gasteiger partial charge on any atom is 0.201 e. The van der Waals surface area contributed by atoms with Gasteiger partial charge in [0.15, 0.2) is 11.6 Å². The van der Waals surface area contributed by atoms with Crippen molar-refractivity contribution in [2.75, 3.05) is 6.61 Å². The van der Waals surface area contributed by atoms with Gasteiger partial charge in [-0.15, -0.1) is 0 Å². The SMILES string of the molecule is CCOc1ccc(-c2ccc(C3CCC(C=CCCc4ccc(C)cc4)CC3)cc2)c(F)c1F. The summed E-state index contributed by atoms with van der Waals surface area (Å²) in [6, 6.07) is 19.9. The second-order valence-electron chi connectivity index (χ2n) is 9.36. The van der Waals surface area contributed by atoms with Crippen LogP contribution >= 0.6 is 0 Å². The zero-order valence-electron chi connectivity index (χ0n) is 20.2. The third-order valence-corrected chi connectivity index (χ3v) is 6.94. The molecule has 0 radical (unpaired) electrons. The Balaban J connectivity index is 1.29. The monoisotopic (exact) mass is 460 g/mol. The molecule has 0 unspecified atom stereocenters. The summed E-state index contributed by atoms with van der Waals surface area (Å²) in [7, 11) is 0. The molecule has 1 aliphatic rings. The second-order valence-corrected chi connectivity index (χ2v) is 9.36. The molecule has 34 heavy (non-hydrogen) atoms. The van der Waals surface area contributed by atoms with Gasteiger partial charge < -0.3 is 4.74 Å². The number of rotatable bonds is 8. The molecule has 1 nitrogen and oxygen atoms in total. The van der Waals surface area contributed by atoms with Crippen LogP contribution in [-0.4, -0.2) is 6.61 Å². The fourth-order valence-corrected chi connectivity index (χ4v) is 4.89. The summed E-state index contributed by atoms with van der Waals surface area (Å²) in [5.41, 5.74) is 4.95. The Morgan fingerprint density at radius 3 is 2.24 bits per heavy atom. The minimum Gasteiger partial charge on any atom is -0.491 e. The summed E-state index contributed by atoms with van der Waals surface area (Å²) >= 11 is 0. The molecule has 0 bridgehead atoms. The lowest BCUT2D eigenvalue weighted by Crippen LogP contribution is -2.11. The van der Waals surface area contributed by atoms with E-state index < -0.39 is 11.6 Å². The highest BCUT2D eigenvalue weighted by Gasteiger charge is 2.21. The lowest BCUT2D eigenvalue weighted by Gasteiger charge is -2.27. The molecule has 178 valence electrons. The quantitative estimate of drug-likeness (QED) is 0.305. The van der Waals surface area contributed by atoms with E-state index in [1.165, 1.54) is 48.4 Å². The average molecular weight is 461 g/mol. The van der Waals surface area contributed by atoms with Gasteiger partial charge in [-0.3, -0.25) is 0 Å². The first-order valence-electron chi connectivity index (χ1n) is 12.5. The van der Waals surface area contributed by atoms with Gasteiger partial charge >= 0.3 is 0 Å². The van der Waals surface area contributed by atoms with Crippen molar-refractivity contribution in [3.05, 3.63) is 101 Å². The number of ether oxygens (including phenoxy) is 1. The smallest absolute Gasteiger partial charge is 0.201 e. The maximum atomic E-state index is 14.5. The summed E-state index contributed by atoms with van der Waals surface area (Å²) in [5.74, 6) is -0.619. The van der Waals surface area contributed by atoms with Crippen molar-refractivity contribution in [1.82, 2.24) is 0 Å².